The van der Waals surface area contributed by atoms with Gasteiger partial charge in [-0.2, -0.15) is 0 Å². The van der Waals surface area contributed by atoms with Crippen LogP contribution in [0.3, 0.4) is 0 Å². The van der Waals surface area contributed by atoms with Gasteiger partial charge in [0.1, 0.15) is 0 Å². The lowest BCUT2D eigenvalue weighted by Crippen LogP contribution is -2.49. The molecule has 3 fully saturated rings. The summed E-state index contributed by atoms with van der Waals surface area (Å²) < 4.78 is 6.01. The maximum Gasteiger partial charge on any atom is 0.0686 e. The van der Waals surface area contributed by atoms with E-state index in [0.717, 1.165) is 31.3 Å². The molecule has 1 N–H and O–H groups in total. The molecule has 0 aromatic rings. The molecule has 2 nitrogen and oxygen atoms in total. The SMILES string of the molecule is CC(C)C1CCC(C(O)C2CCOC3(CCC3)C2)CC1. The maximum atomic E-state index is 10.8. The highest BCUT2D eigenvalue weighted by molar-refractivity contribution is 4.96. The molecule has 0 aromatic carbocycles. The summed E-state index contributed by atoms with van der Waals surface area (Å²) in [5, 5.41) is 10.8. The van der Waals surface area contributed by atoms with Crippen molar-refractivity contribution in [1.82, 2.24) is 0 Å². The van der Waals surface area contributed by atoms with Crippen molar-refractivity contribution in [2.75, 3.05) is 6.61 Å². The van der Waals surface area contributed by atoms with Crippen molar-refractivity contribution in [3.63, 3.8) is 0 Å². The molecule has 1 saturated heterocycles. The van der Waals surface area contributed by atoms with E-state index in [-0.39, 0.29) is 11.7 Å². The van der Waals surface area contributed by atoms with E-state index in [0.29, 0.717) is 11.8 Å². The Hall–Kier alpha value is -0.0800. The molecular weight excluding hydrogens is 248 g/mol. The fraction of sp³-hybridized carbons (Fsp3) is 1.00. The third-order valence-corrected chi connectivity index (χ3v) is 6.52. The topological polar surface area (TPSA) is 29.5 Å². The highest BCUT2D eigenvalue weighted by atomic mass is 16.5. The van der Waals surface area contributed by atoms with Crippen LogP contribution >= 0.6 is 0 Å². The van der Waals surface area contributed by atoms with Crippen molar-refractivity contribution in [2.45, 2.75) is 83.3 Å². The molecule has 2 saturated carbocycles. The molecule has 1 aliphatic heterocycles. The van der Waals surface area contributed by atoms with E-state index in [1.165, 1.54) is 44.9 Å². The van der Waals surface area contributed by atoms with Gasteiger partial charge in [0.05, 0.1) is 11.7 Å². The van der Waals surface area contributed by atoms with Crippen LogP contribution in [0.1, 0.15) is 71.6 Å². The van der Waals surface area contributed by atoms with Crippen LogP contribution in [0.4, 0.5) is 0 Å². The average molecular weight is 280 g/mol. The lowest BCUT2D eigenvalue weighted by Gasteiger charge is -2.49. The molecule has 2 atom stereocenters. The minimum absolute atomic E-state index is 0.0653. The van der Waals surface area contributed by atoms with Crippen LogP contribution in [-0.4, -0.2) is 23.4 Å². The van der Waals surface area contributed by atoms with Crippen molar-refractivity contribution in [3.8, 4) is 0 Å². The Morgan fingerprint density at radius 3 is 2.15 bits per heavy atom. The molecule has 0 radical (unpaired) electrons. The lowest BCUT2D eigenvalue weighted by atomic mass is 9.67. The molecule has 2 heteroatoms. The molecule has 0 aromatic heterocycles. The van der Waals surface area contributed by atoms with Crippen molar-refractivity contribution in [2.24, 2.45) is 23.7 Å². The zero-order chi connectivity index (χ0) is 14.2. The molecule has 3 rings (SSSR count). The Bertz CT molecular complexity index is 313. The zero-order valence-corrected chi connectivity index (χ0v) is 13.3. The van der Waals surface area contributed by atoms with Gasteiger partial charge in [0, 0.05) is 6.61 Å². The van der Waals surface area contributed by atoms with E-state index in [2.05, 4.69) is 13.8 Å². The predicted molar refractivity (Wildman–Crippen MR) is 81.6 cm³/mol. The van der Waals surface area contributed by atoms with Crippen LogP contribution in [0.5, 0.6) is 0 Å². The monoisotopic (exact) mass is 280 g/mol. The zero-order valence-electron chi connectivity index (χ0n) is 13.3. The van der Waals surface area contributed by atoms with Crippen molar-refractivity contribution in [1.29, 1.82) is 0 Å². The van der Waals surface area contributed by atoms with E-state index < -0.39 is 0 Å². The fourth-order valence-corrected chi connectivity index (χ4v) is 4.81. The number of aliphatic hydroxyl groups excluding tert-OH is 1. The minimum atomic E-state index is -0.0653. The Morgan fingerprint density at radius 1 is 0.950 bits per heavy atom. The molecule has 116 valence electrons. The Morgan fingerprint density at radius 2 is 1.60 bits per heavy atom. The number of hydrogen-bond donors (Lipinski definition) is 1. The van der Waals surface area contributed by atoms with Gasteiger partial charge in [0.15, 0.2) is 0 Å². The highest BCUT2D eigenvalue weighted by Crippen LogP contribution is 2.47. The first-order chi connectivity index (χ1) is 9.60. The van der Waals surface area contributed by atoms with Crippen LogP contribution in [0, 0.1) is 23.7 Å². The number of rotatable bonds is 3. The van der Waals surface area contributed by atoms with E-state index >= 15 is 0 Å². The van der Waals surface area contributed by atoms with Gasteiger partial charge in [-0.3, -0.25) is 0 Å². The molecule has 0 bridgehead atoms. The summed E-state index contributed by atoms with van der Waals surface area (Å²) in [4.78, 5) is 0. The number of aliphatic hydroxyl groups is 1. The van der Waals surface area contributed by atoms with Gasteiger partial charge in [-0.05, 0) is 81.5 Å². The fourth-order valence-electron chi connectivity index (χ4n) is 4.81. The lowest BCUT2D eigenvalue weighted by molar-refractivity contribution is -0.162. The summed E-state index contributed by atoms with van der Waals surface area (Å²) in [5.41, 5.74) is 0.180. The van der Waals surface area contributed by atoms with E-state index in [9.17, 15) is 5.11 Å². The van der Waals surface area contributed by atoms with Crippen LogP contribution in [0.2, 0.25) is 0 Å². The normalized spacial score (nSPS) is 38.7. The molecule has 20 heavy (non-hydrogen) atoms. The second kappa shape index (κ2) is 5.96. The Labute approximate surface area is 124 Å². The summed E-state index contributed by atoms with van der Waals surface area (Å²) in [6.45, 7) is 5.57. The number of hydrogen-bond acceptors (Lipinski definition) is 2. The second-order valence-corrected chi connectivity index (χ2v) is 8.05. The summed E-state index contributed by atoms with van der Waals surface area (Å²) >= 11 is 0. The summed E-state index contributed by atoms with van der Waals surface area (Å²) in [6, 6.07) is 0. The van der Waals surface area contributed by atoms with Crippen LogP contribution in [0.15, 0.2) is 0 Å². The standard InChI is InChI=1S/C18H32O2/c1-13(2)14-4-6-15(7-5-14)17(19)16-8-11-20-18(12-16)9-3-10-18/h13-17,19H,3-12H2,1-2H3. The summed E-state index contributed by atoms with van der Waals surface area (Å²) in [5.74, 6) is 2.77. The van der Waals surface area contributed by atoms with Gasteiger partial charge in [0.25, 0.3) is 0 Å². The molecule has 2 aliphatic carbocycles. The van der Waals surface area contributed by atoms with E-state index in [4.69, 9.17) is 4.74 Å². The third kappa shape index (κ3) is 2.92. The van der Waals surface area contributed by atoms with Gasteiger partial charge >= 0.3 is 0 Å². The minimum Gasteiger partial charge on any atom is -0.393 e. The first kappa shape index (κ1) is 14.8. The molecular formula is C18H32O2. The summed E-state index contributed by atoms with van der Waals surface area (Å²) in [7, 11) is 0. The summed E-state index contributed by atoms with van der Waals surface area (Å²) in [6.07, 6.45) is 11.1. The van der Waals surface area contributed by atoms with Gasteiger partial charge in [0.2, 0.25) is 0 Å². The number of ether oxygens (including phenoxy) is 1. The van der Waals surface area contributed by atoms with Crippen LogP contribution < -0.4 is 0 Å². The Balaban J connectivity index is 1.52. The molecule has 1 heterocycles. The Kier molecular flexibility index (Phi) is 4.42. The van der Waals surface area contributed by atoms with Crippen LogP contribution in [0.25, 0.3) is 0 Å². The van der Waals surface area contributed by atoms with E-state index in [1.54, 1.807) is 0 Å². The predicted octanol–water partition coefficient (Wildman–Crippen LogP) is 4.16. The molecule has 3 aliphatic rings. The average Bonchev–Trinajstić information content (AvgIpc) is 2.45. The molecule has 1 spiro atoms. The smallest absolute Gasteiger partial charge is 0.0686 e. The first-order valence-electron chi connectivity index (χ1n) is 8.92. The first-order valence-corrected chi connectivity index (χ1v) is 8.92. The molecule has 2 unspecified atom stereocenters. The van der Waals surface area contributed by atoms with E-state index in [1.807, 2.05) is 0 Å². The van der Waals surface area contributed by atoms with Crippen LogP contribution in [-0.2, 0) is 4.74 Å². The molecule has 0 amide bonds. The largest absolute Gasteiger partial charge is 0.393 e. The van der Waals surface area contributed by atoms with Gasteiger partial charge in [-0.15, -0.1) is 0 Å². The van der Waals surface area contributed by atoms with Gasteiger partial charge in [-0.1, -0.05) is 13.8 Å². The van der Waals surface area contributed by atoms with Gasteiger partial charge < -0.3 is 9.84 Å². The second-order valence-electron chi connectivity index (χ2n) is 8.05. The third-order valence-electron chi connectivity index (χ3n) is 6.52. The van der Waals surface area contributed by atoms with Crippen molar-refractivity contribution < 1.29 is 9.84 Å². The van der Waals surface area contributed by atoms with Gasteiger partial charge in [-0.25, -0.2) is 0 Å². The highest BCUT2D eigenvalue weighted by Gasteiger charge is 2.45. The maximum absolute atomic E-state index is 10.8. The quantitative estimate of drug-likeness (QED) is 0.841. The van der Waals surface area contributed by atoms with Crippen molar-refractivity contribution >= 4 is 0 Å². The van der Waals surface area contributed by atoms with Crippen molar-refractivity contribution in [3.05, 3.63) is 0 Å².